The molecule has 0 aliphatic carbocycles. The van der Waals surface area contributed by atoms with Gasteiger partial charge in [0.2, 0.25) is 23.6 Å². The van der Waals surface area contributed by atoms with Crippen LogP contribution in [0.2, 0.25) is 0 Å². The molecular weight excluding hydrogens is 677 g/mol. The largest absolute Gasteiger partial charge is 0.508 e. The van der Waals surface area contributed by atoms with Crippen LogP contribution in [0.25, 0.3) is 0 Å². The Kier molecular flexibility index (Phi) is 8.62. The van der Waals surface area contributed by atoms with Crippen LogP contribution in [0.3, 0.4) is 0 Å². The fraction of sp³-hybridized carbons (Fsp3) is 0.438. The molecule has 0 saturated carbocycles. The Morgan fingerprint density at radius 1 is 0.755 bits per heavy atom. The number of ether oxygens (including phenoxy) is 1. The lowest BCUT2D eigenvalue weighted by Gasteiger charge is -2.44. The zero-order chi connectivity index (χ0) is 35.7. The lowest BCUT2D eigenvalue weighted by molar-refractivity contribution is -0.161. The Morgan fingerprint density at radius 3 is 1.61 bits per heavy atom. The summed E-state index contributed by atoms with van der Waals surface area (Å²) in [5.41, 5.74) is 13.1. The maximum Gasteiger partial charge on any atom is 0.335 e. The Labute approximate surface area is 289 Å². The van der Waals surface area contributed by atoms with E-state index >= 15 is 0 Å². The van der Waals surface area contributed by atoms with Gasteiger partial charge in [-0.25, -0.2) is 9.59 Å². The number of rotatable bonds is 9. The number of nitrogens with zero attached hydrogens (tertiary/aromatic N) is 2. The second-order valence-corrected chi connectivity index (χ2v) is 16.9. The molecule has 4 amide bonds. The molecule has 6 rings (SSSR count). The Morgan fingerprint density at radius 2 is 1.16 bits per heavy atom. The molecule has 49 heavy (non-hydrogen) atoms. The van der Waals surface area contributed by atoms with E-state index < -0.39 is 92.1 Å². The van der Waals surface area contributed by atoms with Gasteiger partial charge in [0.05, 0.1) is 0 Å². The SMILES string of the molecule is CC1(C)SC2C(NC(=O)C(N)c3ccc(O)cc3)C(=O)N2C1C(=O)Oc1ccc(C(N)C(=O)N[C@@H]2C(=O)N3[C@@H]2SC(C)(C)[C@@H]3C(=O)O)cc1. The summed E-state index contributed by atoms with van der Waals surface area (Å²) in [7, 11) is 0. The van der Waals surface area contributed by atoms with Crippen LogP contribution in [0.1, 0.15) is 50.9 Å². The smallest absolute Gasteiger partial charge is 0.335 e. The molecule has 15 nitrogen and oxygen atoms in total. The van der Waals surface area contributed by atoms with Crippen molar-refractivity contribution in [1.29, 1.82) is 0 Å². The van der Waals surface area contributed by atoms with E-state index in [0.29, 0.717) is 11.1 Å². The number of aromatic hydroxyl groups is 1. The highest BCUT2D eigenvalue weighted by Gasteiger charge is 2.65. The van der Waals surface area contributed by atoms with Gasteiger partial charge in [0, 0.05) is 9.49 Å². The third-order valence-electron chi connectivity index (χ3n) is 9.21. The number of carboxylic acids is 1. The second kappa shape index (κ2) is 12.2. The summed E-state index contributed by atoms with van der Waals surface area (Å²) in [4.78, 5) is 79.6. The van der Waals surface area contributed by atoms with E-state index in [0.717, 1.165) is 0 Å². The Hall–Kier alpha value is -4.32. The maximum atomic E-state index is 13.4. The summed E-state index contributed by atoms with van der Waals surface area (Å²) in [6, 6.07) is 5.78. The first kappa shape index (κ1) is 34.5. The van der Waals surface area contributed by atoms with E-state index in [1.807, 2.05) is 0 Å². The third kappa shape index (κ3) is 5.87. The van der Waals surface area contributed by atoms with Crippen molar-refractivity contribution >= 4 is 59.1 Å². The fourth-order valence-electron chi connectivity index (χ4n) is 6.66. The van der Waals surface area contributed by atoms with Crippen molar-refractivity contribution in [2.24, 2.45) is 11.5 Å². The molecule has 4 fully saturated rings. The number of amides is 4. The molecule has 17 heteroatoms. The van der Waals surface area contributed by atoms with Crippen molar-refractivity contribution in [3.8, 4) is 11.5 Å². The van der Waals surface area contributed by atoms with Crippen LogP contribution in [0.15, 0.2) is 48.5 Å². The monoisotopic (exact) mass is 712 g/mol. The van der Waals surface area contributed by atoms with Crippen LogP contribution in [-0.2, 0) is 28.8 Å². The number of nitrogens with two attached hydrogens (primary N) is 2. The standard InChI is InChI=1S/C32H36N6O9S2/c1-31(2)21(29(44)45)37-25(42)19(27(37)48-31)35-24(41)18(34)14-7-11-16(12-8-14)47-30(46)22-32(3,4)49-28-20(26(43)38(22)28)36-23(40)17(33)13-5-9-15(39)10-6-13/h5-12,17-22,27-28,39H,33-34H2,1-4H3,(H,35,41)(H,36,40)(H,44,45)/t17?,18?,19-,20?,21+,22?,27-,28?/m1/s1. The normalized spacial score (nSPS) is 28.7. The van der Waals surface area contributed by atoms with Crippen LogP contribution in [0.5, 0.6) is 11.5 Å². The van der Waals surface area contributed by atoms with Gasteiger partial charge in [-0.15, -0.1) is 23.5 Å². The fourth-order valence-corrected chi connectivity index (χ4v) is 9.90. The van der Waals surface area contributed by atoms with Gasteiger partial charge in [-0.2, -0.15) is 0 Å². The number of fused-ring (bicyclic) bond motifs is 2. The van der Waals surface area contributed by atoms with E-state index in [-0.39, 0.29) is 11.5 Å². The van der Waals surface area contributed by atoms with Gasteiger partial charge in [-0.05, 0) is 63.1 Å². The number of hydrogen-bond donors (Lipinski definition) is 6. The molecule has 4 saturated heterocycles. The molecule has 0 aromatic heterocycles. The van der Waals surface area contributed by atoms with Gasteiger partial charge in [-0.3, -0.25) is 19.2 Å². The molecule has 0 radical (unpaired) electrons. The van der Waals surface area contributed by atoms with Gasteiger partial charge in [0.25, 0.3) is 0 Å². The molecule has 2 aromatic rings. The molecule has 4 heterocycles. The molecule has 8 atom stereocenters. The maximum absolute atomic E-state index is 13.4. The number of hydrogen-bond acceptors (Lipinski definition) is 12. The van der Waals surface area contributed by atoms with Crippen molar-refractivity contribution in [2.45, 2.75) is 84.2 Å². The minimum atomic E-state index is -1.17. The number of esters is 1. The van der Waals surface area contributed by atoms with Crippen LogP contribution >= 0.6 is 23.5 Å². The van der Waals surface area contributed by atoms with Crippen LogP contribution in [0.4, 0.5) is 0 Å². The van der Waals surface area contributed by atoms with Crippen LogP contribution in [0, 0.1) is 0 Å². The predicted molar refractivity (Wildman–Crippen MR) is 178 cm³/mol. The summed E-state index contributed by atoms with van der Waals surface area (Å²) in [5, 5.41) is 23.4. The highest BCUT2D eigenvalue weighted by Crippen LogP contribution is 2.52. The number of carbonyl (C=O) groups is 6. The molecule has 2 aromatic carbocycles. The van der Waals surface area contributed by atoms with Gasteiger partial charge in [0.15, 0.2) is 0 Å². The predicted octanol–water partition coefficient (Wildman–Crippen LogP) is 0.176. The lowest BCUT2D eigenvalue weighted by atomic mass is 9.95. The van der Waals surface area contributed by atoms with E-state index in [9.17, 15) is 39.0 Å². The molecule has 5 unspecified atom stereocenters. The van der Waals surface area contributed by atoms with E-state index in [1.165, 1.54) is 81.9 Å². The van der Waals surface area contributed by atoms with E-state index in [1.54, 1.807) is 27.7 Å². The second-order valence-electron chi connectivity index (χ2n) is 13.4. The topological polar surface area (TPSA) is 235 Å². The lowest BCUT2D eigenvalue weighted by Crippen LogP contribution is -2.71. The van der Waals surface area contributed by atoms with E-state index in [2.05, 4.69) is 10.6 Å². The van der Waals surface area contributed by atoms with Crippen molar-refractivity contribution in [1.82, 2.24) is 20.4 Å². The number of phenolic OH excluding ortho intramolecular Hbond substituents is 1. The first-order valence-corrected chi connectivity index (χ1v) is 17.1. The van der Waals surface area contributed by atoms with Crippen LogP contribution in [-0.4, -0.2) is 100.0 Å². The van der Waals surface area contributed by atoms with Crippen molar-refractivity contribution in [2.75, 3.05) is 0 Å². The molecule has 0 bridgehead atoms. The molecular formula is C32H36N6O9S2. The minimum Gasteiger partial charge on any atom is -0.508 e. The summed E-state index contributed by atoms with van der Waals surface area (Å²) in [6.07, 6.45) is 0. The third-order valence-corrected chi connectivity index (χ3v) is 12.4. The highest BCUT2D eigenvalue weighted by molar-refractivity contribution is 8.02. The molecule has 8 N–H and O–H groups in total. The van der Waals surface area contributed by atoms with Crippen molar-refractivity contribution < 1.29 is 43.7 Å². The highest BCUT2D eigenvalue weighted by atomic mass is 32.2. The van der Waals surface area contributed by atoms with Crippen LogP contribution < -0.4 is 26.8 Å². The Bertz CT molecular complexity index is 1740. The number of benzene rings is 2. The zero-order valence-electron chi connectivity index (χ0n) is 26.9. The van der Waals surface area contributed by atoms with E-state index in [4.69, 9.17) is 16.2 Å². The number of aliphatic carboxylic acids is 1. The number of nitrogens with one attached hydrogen (secondary N) is 2. The molecule has 260 valence electrons. The van der Waals surface area contributed by atoms with Gasteiger partial charge < -0.3 is 46.9 Å². The summed E-state index contributed by atoms with van der Waals surface area (Å²) < 4.78 is 4.14. The number of β-lactam (4-membered cyclic amide) rings is 2. The first-order valence-electron chi connectivity index (χ1n) is 15.4. The summed E-state index contributed by atoms with van der Waals surface area (Å²) in [6.45, 7) is 7.08. The van der Waals surface area contributed by atoms with Gasteiger partial charge in [0.1, 0.15) is 58.5 Å². The Balaban J connectivity index is 1.05. The quantitative estimate of drug-likeness (QED) is 0.116. The van der Waals surface area contributed by atoms with Gasteiger partial charge in [-0.1, -0.05) is 24.3 Å². The average molecular weight is 713 g/mol. The summed E-state index contributed by atoms with van der Waals surface area (Å²) in [5.74, 6) is -3.75. The number of carboxylic acid groups (broad SMARTS) is 1. The van der Waals surface area contributed by atoms with Crippen molar-refractivity contribution in [3.05, 3.63) is 59.7 Å². The first-order chi connectivity index (χ1) is 22.9. The number of phenols is 1. The number of thioether (sulfide) groups is 2. The van der Waals surface area contributed by atoms with Crippen molar-refractivity contribution in [3.63, 3.8) is 0 Å². The average Bonchev–Trinajstić information content (AvgIpc) is 3.46. The zero-order valence-corrected chi connectivity index (χ0v) is 28.5. The molecule has 4 aliphatic heterocycles. The van der Waals surface area contributed by atoms with Gasteiger partial charge >= 0.3 is 11.9 Å². The molecule has 0 spiro atoms. The molecule has 4 aliphatic rings. The minimum absolute atomic E-state index is 0.0253. The summed E-state index contributed by atoms with van der Waals surface area (Å²) >= 11 is 2.66. The number of carbonyl (C=O) groups excluding carboxylic acids is 5.